The van der Waals surface area contributed by atoms with Crippen molar-refractivity contribution < 1.29 is 0 Å². The number of anilines is 1. The maximum absolute atomic E-state index is 3.50. The third-order valence-corrected chi connectivity index (χ3v) is 3.15. The average molecular weight is 233 g/mol. The molecule has 1 fully saturated rings. The number of benzene rings is 1. The number of rotatable bonds is 4. The molecule has 2 rings (SSSR count). The molecule has 0 unspecified atom stereocenters. The Bertz CT molecular complexity index is 343. The van der Waals surface area contributed by atoms with Crippen LogP contribution < -0.4 is 15.5 Å². The Balaban J connectivity index is 2.09. The standard InChI is InChI=1S/C14H23N3/c1-12(2)16-11-13-5-3-4-6-14(13)17-9-7-15-8-10-17/h3-6,12,15-16H,7-11H2,1-2H3. The van der Waals surface area contributed by atoms with E-state index >= 15 is 0 Å². The van der Waals surface area contributed by atoms with E-state index in [0.29, 0.717) is 6.04 Å². The highest BCUT2D eigenvalue weighted by atomic mass is 15.2. The van der Waals surface area contributed by atoms with Crippen LogP contribution in [0, 0.1) is 0 Å². The minimum atomic E-state index is 0.533. The zero-order valence-electron chi connectivity index (χ0n) is 10.9. The summed E-state index contributed by atoms with van der Waals surface area (Å²) in [5, 5.41) is 6.90. The number of hydrogen-bond acceptors (Lipinski definition) is 3. The first-order chi connectivity index (χ1) is 8.27. The van der Waals surface area contributed by atoms with E-state index < -0.39 is 0 Å². The maximum atomic E-state index is 3.50. The summed E-state index contributed by atoms with van der Waals surface area (Å²) in [4.78, 5) is 2.48. The Morgan fingerprint density at radius 2 is 1.94 bits per heavy atom. The molecule has 0 bridgehead atoms. The van der Waals surface area contributed by atoms with Crippen molar-refractivity contribution in [1.29, 1.82) is 0 Å². The van der Waals surface area contributed by atoms with Gasteiger partial charge >= 0.3 is 0 Å². The molecule has 2 N–H and O–H groups in total. The van der Waals surface area contributed by atoms with E-state index in [2.05, 4.69) is 53.6 Å². The molecule has 0 aliphatic carbocycles. The molecule has 1 aromatic rings. The lowest BCUT2D eigenvalue weighted by atomic mass is 10.1. The van der Waals surface area contributed by atoms with Crippen LogP contribution in [-0.2, 0) is 6.54 Å². The van der Waals surface area contributed by atoms with Gasteiger partial charge in [-0.15, -0.1) is 0 Å². The van der Waals surface area contributed by atoms with Crippen molar-refractivity contribution in [2.75, 3.05) is 31.1 Å². The van der Waals surface area contributed by atoms with Gasteiger partial charge in [-0.3, -0.25) is 0 Å². The first-order valence-electron chi connectivity index (χ1n) is 6.54. The van der Waals surface area contributed by atoms with Gasteiger partial charge in [0.1, 0.15) is 0 Å². The lowest BCUT2D eigenvalue weighted by Gasteiger charge is -2.31. The Hall–Kier alpha value is -1.06. The summed E-state index contributed by atoms with van der Waals surface area (Å²) in [6, 6.07) is 9.26. The molecular weight excluding hydrogens is 210 g/mol. The monoisotopic (exact) mass is 233 g/mol. The van der Waals surface area contributed by atoms with Gasteiger partial charge in [-0.2, -0.15) is 0 Å². The number of piperazine rings is 1. The summed E-state index contributed by atoms with van der Waals surface area (Å²) < 4.78 is 0. The van der Waals surface area contributed by atoms with Crippen molar-refractivity contribution in [2.24, 2.45) is 0 Å². The van der Waals surface area contributed by atoms with E-state index in [-0.39, 0.29) is 0 Å². The summed E-state index contributed by atoms with van der Waals surface area (Å²) in [7, 11) is 0. The fourth-order valence-corrected chi connectivity index (χ4v) is 2.19. The molecule has 0 saturated carbocycles. The van der Waals surface area contributed by atoms with Crippen molar-refractivity contribution in [1.82, 2.24) is 10.6 Å². The Labute approximate surface area is 104 Å². The number of hydrogen-bond donors (Lipinski definition) is 2. The summed E-state index contributed by atoms with van der Waals surface area (Å²) >= 11 is 0. The Morgan fingerprint density at radius 1 is 1.24 bits per heavy atom. The van der Waals surface area contributed by atoms with Crippen molar-refractivity contribution in [3.05, 3.63) is 29.8 Å². The second kappa shape index (κ2) is 6.03. The molecule has 1 aromatic carbocycles. The molecule has 17 heavy (non-hydrogen) atoms. The summed E-state index contributed by atoms with van der Waals surface area (Å²) in [6.45, 7) is 9.73. The van der Waals surface area contributed by atoms with Crippen LogP contribution >= 0.6 is 0 Å². The zero-order chi connectivity index (χ0) is 12.1. The fourth-order valence-electron chi connectivity index (χ4n) is 2.19. The second-order valence-corrected chi connectivity index (χ2v) is 4.90. The smallest absolute Gasteiger partial charge is 0.0412 e. The predicted molar refractivity (Wildman–Crippen MR) is 73.5 cm³/mol. The third kappa shape index (κ3) is 3.45. The van der Waals surface area contributed by atoms with Crippen LogP contribution in [0.4, 0.5) is 5.69 Å². The molecule has 1 aliphatic heterocycles. The predicted octanol–water partition coefficient (Wildman–Crippen LogP) is 1.59. The van der Waals surface area contributed by atoms with E-state index in [1.54, 1.807) is 0 Å². The van der Waals surface area contributed by atoms with E-state index in [1.807, 2.05) is 0 Å². The molecule has 0 spiro atoms. The van der Waals surface area contributed by atoms with E-state index in [0.717, 1.165) is 32.7 Å². The molecule has 0 radical (unpaired) electrons. The van der Waals surface area contributed by atoms with Crippen molar-refractivity contribution >= 4 is 5.69 Å². The molecule has 3 heteroatoms. The molecule has 1 saturated heterocycles. The lowest BCUT2D eigenvalue weighted by molar-refractivity contribution is 0.573. The van der Waals surface area contributed by atoms with Gasteiger partial charge in [-0.25, -0.2) is 0 Å². The SMILES string of the molecule is CC(C)NCc1ccccc1N1CCNCC1. The Kier molecular flexibility index (Phi) is 4.40. The Morgan fingerprint density at radius 3 is 2.65 bits per heavy atom. The topological polar surface area (TPSA) is 27.3 Å². The van der Waals surface area contributed by atoms with Gasteiger partial charge in [0, 0.05) is 44.5 Å². The summed E-state index contributed by atoms with van der Waals surface area (Å²) in [5.41, 5.74) is 2.80. The van der Waals surface area contributed by atoms with E-state index in [9.17, 15) is 0 Å². The average Bonchev–Trinajstić information content (AvgIpc) is 2.38. The number of para-hydroxylation sites is 1. The highest BCUT2D eigenvalue weighted by Crippen LogP contribution is 2.20. The van der Waals surface area contributed by atoms with Crippen LogP contribution in [-0.4, -0.2) is 32.2 Å². The molecule has 94 valence electrons. The van der Waals surface area contributed by atoms with Gasteiger partial charge in [-0.05, 0) is 11.6 Å². The van der Waals surface area contributed by atoms with Crippen molar-refractivity contribution in [3.8, 4) is 0 Å². The zero-order valence-corrected chi connectivity index (χ0v) is 10.9. The van der Waals surface area contributed by atoms with Gasteiger partial charge in [0.2, 0.25) is 0 Å². The van der Waals surface area contributed by atoms with Crippen LogP contribution in [0.5, 0.6) is 0 Å². The highest BCUT2D eigenvalue weighted by Gasteiger charge is 2.13. The molecule has 0 aromatic heterocycles. The molecule has 1 aliphatic rings. The van der Waals surface area contributed by atoms with Crippen LogP contribution in [0.25, 0.3) is 0 Å². The first kappa shape index (κ1) is 12.4. The van der Waals surface area contributed by atoms with Gasteiger partial charge in [0.25, 0.3) is 0 Å². The van der Waals surface area contributed by atoms with Gasteiger partial charge in [0.15, 0.2) is 0 Å². The number of nitrogens with zero attached hydrogens (tertiary/aromatic N) is 1. The van der Waals surface area contributed by atoms with E-state index in [1.165, 1.54) is 11.3 Å². The minimum absolute atomic E-state index is 0.533. The van der Waals surface area contributed by atoms with Crippen LogP contribution in [0.2, 0.25) is 0 Å². The van der Waals surface area contributed by atoms with Gasteiger partial charge in [0.05, 0.1) is 0 Å². The highest BCUT2D eigenvalue weighted by molar-refractivity contribution is 5.54. The van der Waals surface area contributed by atoms with Crippen molar-refractivity contribution in [3.63, 3.8) is 0 Å². The maximum Gasteiger partial charge on any atom is 0.0412 e. The molecular formula is C14H23N3. The summed E-state index contributed by atoms with van der Waals surface area (Å²) in [6.07, 6.45) is 0. The van der Waals surface area contributed by atoms with Crippen LogP contribution in [0.15, 0.2) is 24.3 Å². The number of nitrogens with one attached hydrogen (secondary N) is 2. The third-order valence-electron chi connectivity index (χ3n) is 3.15. The minimum Gasteiger partial charge on any atom is -0.369 e. The van der Waals surface area contributed by atoms with Crippen LogP contribution in [0.3, 0.4) is 0 Å². The summed E-state index contributed by atoms with van der Waals surface area (Å²) in [5.74, 6) is 0. The quantitative estimate of drug-likeness (QED) is 0.827. The molecule has 1 heterocycles. The normalized spacial score (nSPS) is 16.5. The van der Waals surface area contributed by atoms with Crippen LogP contribution in [0.1, 0.15) is 19.4 Å². The first-order valence-corrected chi connectivity index (χ1v) is 6.54. The molecule has 0 amide bonds. The largest absolute Gasteiger partial charge is 0.369 e. The van der Waals surface area contributed by atoms with Gasteiger partial charge in [-0.1, -0.05) is 32.0 Å². The second-order valence-electron chi connectivity index (χ2n) is 4.90. The molecule has 0 atom stereocenters. The molecule has 3 nitrogen and oxygen atoms in total. The van der Waals surface area contributed by atoms with Crippen molar-refractivity contribution in [2.45, 2.75) is 26.4 Å². The van der Waals surface area contributed by atoms with E-state index in [4.69, 9.17) is 0 Å². The lowest BCUT2D eigenvalue weighted by Crippen LogP contribution is -2.44. The van der Waals surface area contributed by atoms with Gasteiger partial charge < -0.3 is 15.5 Å². The fraction of sp³-hybridized carbons (Fsp3) is 0.571.